The lowest BCUT2D eigenvalue weighted by atomic mass is 10.3. The number of methoxy groups -OCH3 is 1. The van der Waals surface area contributed by atoms with Crippen molar-refractivity contribution in [2.24, 2.45) is 0 Å². The van der Waals surface area contributed by atoms with Gasteiger partial charge in [0.05, 0.1) is 19.4 Å². The van der Waals surface area contributed by atoms with Crippen molar-refractivity contribution < 1.29 is 9.47 Å². The highest BCUT2D eigenvalue weighted by Crippen LogP contribution is 2.20. The Bertz CT molecular complexity index is 747. The zero-order chi connectivity index (χ0) is 16.6. The van der Waals surface area contributed by atoms with E-state index in [2.05, 4.69) is 15.5 Å². The van der Waals surface area contributed by atoms with Crippen molar-refractivity contribution in [2.75, 3.05) is 19.5 Å². The summed E-state index contributed by atoms with van der Waals surface area (Å²) in [7, 11) is 1.65. The average Bonchev–Trinajstić information content (AvgIpc) is 3.11. The second kappa shape index (κ2) is 8.35. The molecular formula is C17H18N4O2S. The SMILES string of the molecule is COc1ccc(OCCCSc2nnnn2-c2ccccc2)cc1. The van der Waals surface area contributed by atoms with Crippen molar-refractivity contribution >= 4 is 11.8 Å². The van der Waals surface area contributed by atoms with Crippen molar-refractivity contribution in [3.63, 3.8) is 0 Å². The maximum atomic E-state index is 5.71. The van der Waals surface area contributed by atoms with E-state index < -0.39 is 0 Å². The summed E-state index contributed by atoms with van der Waals surface area (Å²) in [6.45, 7) is 0.645. The van der Waals surface area contributed by atoms with Crippen LogP contribution in [-0.2, 0) is 0 Å². The van der Waals surface area contributed by atoms with Crippen molar-refractivity contribution in [2.45, 2.75) is 11.6 Å². The molecule has 0 fully saturated rings. The van der Waals surface area contributed by atoms with Crippen LogP contribution in [0.3, 0.4) is 0 Å². The Kier molecular flexibility index (Phi) is 5.68. The Balaban J connectivity index is 1.45. The third-order valence-corrected chi connectivity index (χ3v) is 4.30. The standard InChI is InChI=1S/C17H18N4O2S/c1-22-15-8-10-16(11-9-15)23-12-5-13-24-17-18-19-20-21(17)14-6-3-2-4-7-14/h2-4,6-11H,5,12-13H2,1H3. The number of nitrogens with zero attached hydrogens (tertiary/aromatic N) is 4. The molecule has 3 aromatic rings. The van der Waals surface area contributed by atoms with E-state index in [1.165, 1.54) is 0 Å². The number of hydrogen-bond donors (Lipinski definition) is 0. The first-order valence-corrected chi connectivity index (χ1v) is 8.59. The quantitative estimate of drug-likeness (QED) is 0.463. The lowest BCUT2D eigenvalue weighted by Crippen LogP contribution is -2.01. The number of thioether (sulfide) groups is 1. The summed E-state index contributed by atoms with van der Waals surface area (Å²) in [5.74, 6) is 2.55. The molecule has 2 aromatic carbocycles. The molecule has 1 aromatic heterocycles. The summed E-state index contributed by atoms with van der Waals surface area (Å²) in [6.07, 6.45) is 0.901. The largest absolute Gasteiger partial charge is 0.497 e. The maximum absolute atomic E-state index is 5.71. The van der Waals surface area contributed by atoms with E-state index in [0.717, 1.165) is 34.5 Å². The number of aromatic nitrogens is 4. The smallest absolute Gasteiger partial charge is 0.214 e. The van der Waals surface area contributed by atoms with Gasteiger partial charge in [0, 0.05) is 5.75 Å². The minimum Gasteiger partial charge on any atom is -0.497 e. The van der Waals surface area contributed by atoms with Crippen LogP contribution >= 0.6 is 11.8 Å². The van der Waals surface area contributed by atoms with E-state index in [9.17, 15) is 0 Å². The minimum absolute atomic E-state index is 0.645. The molecule has 0 atom stereocenters. The zero-order valence-corrected chi connectivity index (χ0v) is 14.1. The first kappa shape index (κ1) is 16.3. The van der Waals surface area contributed by atoms with Crippen LogP contribution in [0.25, 0.3) is 5.69 Å². The topological polar surface area (TPSA) is 62.1 Å². The first-order chi connectivity index (χ1) is 11.9. The van der Waals surface area contributed by atoms with Gasteiger partial charge in [0.25, 0.3) is 0 Å². The predicted octanol–water partition coefficient (Wildman–Crippen LogP) is 3.23. The van der Waals surface area contributed by atoms with Crippen LogP contribution in [0.4, 0.5) is 0 Å². The Morgan fingerprint density at radius 1 is 1.00 bits per heavy atom. The zero-order valence-electron chi connectivity index (χ0n) is 13.3. The molecule has 6 nitrogen and oxygen atoms in total. The summed E-state index contributed by atoms with van der Waals surface area (Å²) in [6, 6.07) is 17.4. The second-order valence-corrected chi connectivity index (χ2v) is 6.00. The Labute approximate surface area is 144 Å². The van der Waals surface area contributed by atoms with Crippen molar-refractivity contribution in [1.29, 1.82) is 0 Å². The molecular weight excluding hydrogens is 324 g/mol. The number of para-hydroxylation sites is 1. The molecule has 0 spiro atoms. The fraction of sp³-hybridized carbons (Fsp3) is 0.235. The molecule has 0 N–H and O–H groups in total. The van der Waals surface area contributed by atoms with E-state index in [4.69, 9.17) is 9.47 Å². The molecule has 1 heterocycles. The lowest BCUT2D eigenvalue weighted by Gasteiger charge is -2.07. The van der Waals surface area contributed by atoms with Crippen LogP contribution in [0.1, 0.15) is 6.42 Å². The van der Waals surface area contributed by atoms with Gasteiger partial charge in [-0.25, -0.2) is 0 Å². The van der Waals surface area contributed by atoms with Crippen LogP contribution in [0, 0.1) is 0 Å². The highest BCUT2D eigenvalue weighted by atomic mass is 32.2. The molecule has 0 aliphatic heterocycles. The molecule has 0 aliphatic carbocycles. The number of rotatable bonds is 8. The lowest BCUT2D eigenvalue weighted by molar-refractivity contribution is 0.318. The van der Waals surface area contributed by atoms with Gasteiger partial charge in [-0.2, -0.15) is 4.68 Å². The normalized spacial score (nSPS) is 10.5. The van der Waals surface area contributed by atoms with Gasteiger partial charge in [-0.3, -0.25) is 0 Å². The summed E-state index contributed by atoms with van der Waals surface area (Å²) in [5, 5.41) is 12.7. The van der Waals surface area contributed by atoms with Gasteiger partial charge in [-0.15, -0.1) is 5.10 Å². The van der Waals surface area contributed by atoms with Crippen LogP contribution in [0.5, 0.6) is 11.5 Å². The van der Waals surface area contributed by atoms with Crippen LogP contribution in [0.2, 0.25) is 0 Å². The van der Waals surface area contributed by atoms with Gasteiger partial charge >= 0.3 is 0 Å². The Morgan fingerprint density at radius 2 is 1.75 bits per heavy atom. The molecule has 0 bridgehead atoms. The minimum atomic E-state index is 0.645. The molecule has 124 valence electrons. The van der Waals surface area contributed by atoms with E-state index in [1.807, 2.05) is 54.6 Å². The van der Waals surface area contributed by atoms with Crippen LogP contribution in [0.15, 0.2) is 59.8 Å². The molecule has 0 saturated carbocycles. The fourth-order valence-electron chi connectivity index (χ4n) is 2.08. The maximum Gasteiger partial charge on any atom is 0.214 e. The van der Waals surface area contributed by atoms with Gasteiger partial charge in [0.15, 0.2) is 0 Å². The third-order valence-electron chi connectivity index (χ3n) is 3.29. The predicted molar refractivity (Wildman–Crippen MR) is 93.0 cm³/mol. The number of benzene rings is 2. The van der Waals surface area contributed by atoms with Gasteiger partial charge in [0.1, 0.15) is 11.5 Å². The van der Waals surface area contributed by atoms with E-state index in [0.29, 0.717) is 6.61 Å². The molecule has 0 aliphatic rings. The Morgan fingerprint density at radius 3 is 2.50 bits per heavy atom. The molecule has 0 radical (unpaired) electrons. The molecule has 7 heteroatoms. The fourth-order valence-corrected chi connectivity index (χ4v) is 2.89. The summed E-state index contributed by atoms with van der Waals surface area (Å²) >= 11 is 1.62. The van der Waals surface area contributed by atoms with Crippen molar-refractivity contribution in [3.05, 3.63) is 54.6 Å². The monoisotopic (exact) mass is 342 g/mol. The van der Waals surface area contributed by atoms with E-state index in [1.54, 1.807) is 23.6 Å². The van der Waals surface area contributed by atoms with Crippen LogP contribution < -0.4 is 9.47 Å². The highest BCUT2D eigenvalue weighted by Gasteiger charge is 2.08. The van der Waals surface area contributed by atoms with Gasteiger partial charge < -0.3 is 9.47 Å². The molecule has 3 rings (SSSR count). The molecule has 0 amide bonds. The summed E-state index contributed by atoms with van der Waals surface area (Å²) in [5.41, 5.74) is 0.958. The second-order valence-electron chi connectivity index (χ2n) is 4.93. The summed E-state index contributed by atoms with van der Waals surface area (Å²) < 4.78 is 12.6. The Hall–Kier alpha value is -2.54. The van der Waals surface area contributed by atoms with Crippen molar-refractivity contribution in [1.82, 2.24) is 20.2 Å². The van der Waals surface area contributed by atoms with Gasteiger partial charge in [0.2, 0.25) is 5.16 Å². The number of tetrazole rings is 1. The number of ether oxygens (including phenoxy) is 2. The molecule has 0 unspecified atom stereocenters. The molecule has 0 saturated heterocycles. The summed E-state index contributed by atoms with van der Waals surface area (Å²) in [4.78, 5) is 0. The van der Waals surface area contributed by atoms with Gasteiger partial charge in [-0.1, -0.05) is 30.0 Å². The van der Waals surface area contributed by atoms with E-state index >= 15 is 0 Å². The first-order valence-electron chi connectivity index (χ1n) is 7.60. The highest BCUT2D eigenvalue weighted by molar-refractivity contribution is 7.99. The van der Waals surface area contributed by atoms with E-state index in [-0.39, 0.29) is 0 Å². The van der Waals surface area contributed by atoms with Gasteiger partial charge in [-0.05, 0) is 53.2 Å². The number of hydrogen-bond acceptors (Lipinski definition) is 6. The molecule has 24 heavy (non-hydrogen) atoms. The van der Waals surface area contributed by atoms with Crippen LogP contribution in [-0.4, -0.2) is 39.7 Å². The average molecular weight is 342 g/mol. The van der Waals surface area contributed by atoms with Crippen molar-refractivity contribution in [3.8, 4) is 17.2 Å². The third kappa shape index (κ3) is 4.26.